The van der Waals surface area contributed by atoms with Crippen molar-refractivity contribution < 1.29 is 13.6 Å². The molecule has 0 aliphatic carbocycles. The van der Waals surface area contributed by atoms with Gasteiger partial charge in [0.2, 0.25) is 0 Å². The molecular formula is C21H45NO3P+. The molecule has 156 valence electrons. The van der Waals surface area contributed by atoms with Crippen LogP contribution in [0.25, 0.3) is 0 Å². The van der Waals surface area contributed by atoms with E-state index in [-0.39, 0.29) is 0 Å². The molecule has 0 fully saturated rings. The van der Waals surface area contributed by atoms with E-state index in [1.54, 1.807) is 0 Å². The van der Waals surface area contributed by atoms with Gasteiger partial charge in [-0.15, -0.1) is 9.05 Å². The van der Waals surface area contributed by atoms with Crippen molar-refractivity contribution in [2.45, 2.75) is 98.8 Å². The van der Waals surface area contributed by atoms with E-state index < -0.39 is 8.25 Å². The molecule has 0 heterocycles. The van der Waals surface area contributed by atoms with Crippen molar-refractivity contribution in [3.05, 3.63) is 0 Å². The van der Waals surface area contributed by atoms with Gasteiger partial charge in [0, 0.05) is 17.7 Å². The summed E-state index contributed by atoms with van der Waals surface area (Å²) in [5.74, 6) is 1.39. The lowest BCUT2D eigenvalue weighted by atomic mass is 9.96. The van der Waals surface area contributed by atoms with Crippen LogP contribution in [0.2, 0.25) is 0 Å². The molecule has 0 amide bonds. The molecule has 5 heteroatoms. The fourth-order valence-corrected chi connectivity index (χ4v) is 3.80. The molecule has 0 aromatic carbocycles. The molecule has 3 atom stereocenters. The third-order valence-electron chi connectivity index (χ3n) is 5.16. The van der Waals surface area contributed by atoms with Gasteiger partial charge in [-0.25, -0.2) is 0 Å². The molecule has 4 nitrogen and oxygen atoms in total. The Morgan fingerprint density at radius 3 is 1.69 bits per heavy atom. The van der Waals surface area contributed by atoms with Gasteiger partial charge < -0.3 is 0 Å². The van der Waals surface area contributed by atoms with Gasteiger partial charge in [0.15, 0.2) is 6.73 Å². The lowest BCUT2D eigenvalue weighted by Crippen LogP contribution is -2.35. The van der Waals surface area contributed by atoms with Gasteiger partial charge in [0.05, 0.1) is 0 Å². The summed E-state index contributed by atoms with van der Waals surface area (Å²) in [7, 11) is -2.00. The summed E-state index contributed by atoms with van der Waals surface area (Å²) in [5.41, 5.74) is 0. The van der Waals surface area contributed by atoms with Crippen LogP contribution in [0.5, 0.6) is 0 Å². The summed E-state index contributed by atoms with van der Waals surface area (Å²) >= 11 is 0. The van der Waals surface area contributed by atoms with Crippen LogP contribution in [-0.4, -0.2) is 31.3 Å². The predicted octanol–water partition coefficient (Wildman–Crippen LogP) is 7.17. The Morgan fingerprint density at radius 1 is 0.769 bits per heavy atom. The normalized spacial score (nSPS) is 14.6. The fraction of sp³-hybridized carbons (Fsp3) is 1.00. The van der Waals surface area contributed by atoms with E-state index in [1.807, 2.05) is 0 Å². The fourth-order valence-electron chi connectivity index (χ4n) is 3.19. The molecule has 0 aromatic rings. The van der Waals surface area contributed by atoms with Crippen molar-refractivity contribution in [3.63, 3.8) is 0 Å². The first-order valence-electron chi connectivity index (χ1n) is 11.1. The van der Waals surface area contributed by atoms with Crippen molar-refractivity contribution in [1.82, 2.24) is 4.90 Å². The minimum Gasteiger partial charge on any atom is -0.276 e. The van der Waals surface area contributed by atoms with Crippen molar-refractivity contribution >= 4 is 8.25 Å². The number of unbranched alkanes of at least 4 members (excludes halogenated alkanes) is 3. The van der Waals surface area contributed by atoms with Crippen LogP contribution in [0.15, 0.2) is 0 Å². The first-order valence-corrected chi connectivity index (χ1v) is 12.2. The van der Waals surface area contributed by atoms with Gasteiger partial charge in [-0.05, 0) is 31.1 Å². The average molecular weight is 391 g/mol. The quantitative estimate of drug-likeness (QED) is 0.133. The summed E-state index contributed by atoms with van der Waals surface area (Å²) in [6.07, 6.45) is 12.0. The standard InChI is InChI=1S/C21H45NO3P/c1-6-11-14-20(9-4)17-22(18-21(10-5)15-12-7-2)19-25-26(23)24-16-13-8-3/h20-21H,6-19H2,1-5H3/q+1. The van der Waals surface area contributed by atoms with Crippen LogP contribution >= 0.6 is 8.25 Å². The Morgan fingerprint density at radius 2 is 1.27 bits per heavy atom. The number of hydrogen-bond donors (Lipinski definition) is 0. The zero-order valence-electron chi connectivity index (χ0n) is 18.2. The first-order chi connectivity index (χ1) is 12.6. The van der Waals surface area contributed by atoms with Crippen molar-refractivity contribution in [2.24, 2.45) is 11.8 Å². The Hall–Kier alpha value is -0.0200. The molecule has 0 aromatic heterocycles. The number of rotatable bonds is 19. The third-order valence-corrected chi connectivity index (χ3v) is 5.88. The molecule has 0 bridgehead atoms. The van der Waals surface area contributed by atoms with E-state index in [0.717, 1.165) is 25.9 Å². The molecule has 0 aliphatic rings. The summed E-state index contributed by atoms with van der Waals surface area (Å²) < 4.78 is 22.8. The van der Waals surface area contributed by atoms with E-state index in [0.29, 0.717) is 25.2 Å². The van der Waals surface area contributed by atoms with Crippen molar-refractivity contribution in [3.8, 4) is 0 Å². The highest BCUT2D eigenvalue weighted by Crippen LogP contribution is 2.26. The second-order valence-electron chi connectivity index (χ2n) is 7.54. The molecule has 0 N–H and O–H groups in total. The first kappa shape index (κ1) is 26.0. The van der Waals surface area contributed by atoms with Crippen LogP contribution in [0, 0.1) is 11.8 Å². The molecule has 0 radical (unpaired) electrons. The van der Waals surface area contributed by atoms with Gasteiger partial charge in [0.25, 0.3) is 0 Å². The average Bonchev–Trinajstić information content (AvgIpc) is 2.65. The van der Waals surface area contributed by atoms with E-state index in [9.17, 15) is 4.57 Å². The molecule has 0 saturated carbocycles. The van der Waals surface area contributed by atoms with Gasteiger partial charge in [0.1, 0.15) is 6.61 Å². The maximum absolute atomic E-state index is 12.0. The Labute approximate surface area is 164 Å². The van der Waals surface area contributed by atoms with E-state index >= 15 is 0 Å². The predicted molar refractivity (Wildman–Crippen MR) is 113 cm³/mol. The van der Waals surface area contributed by atoms with E-state index in [1.165, 1.54) is 51.4 Å². The second-order valence-corrected chi connectivity index (χ2v) is 8.50. The smallest absolute Gasteiger partial charge is 0.276 e. The van der Waals surface area contributed by atoms with Gasteiger partial charge in [-0.1, -0.05) is 79.6 Å². The van der Waals surface area contributed by atoms with Crippen molar-refractivity contribution in [2.75, 3.05) is 26.4 Å². The molecule has 26 heavy (non-hydrogen) atoms. The van der Waals surface area contributed by atoms with Gasteiger partial charge in [-0.2, -0.15) is 0 Å². The van der Waals surface area contributed by atoms with Crippen LogP contribution in [0.3, 0.4) is 0 Å². The zero-order chi connectivity index (χ0) is 19.6. The minimum atomic E-state index is -2.00. The van der Waals surface area contributed by atoms with Gasteiger partial charge in [-0.3, -0.25) is 4.90 Å². The summed E-state index contributed by atoms with van der Waals surface area (Å²) in [6, 6.07) is 0. The maximum atomic E-state index is 12.0. The highest BCUT2D eigenvalue weighted by molar-refractivity contribution is 7.33. The molecular weight excluding hydrogens is 345 g/mol. The Balaban J connectivity index is 4.61. The zero-order valence-corrected chi connectivity index (χ0v) is 19.1. The largest absolute Gasteiger partial charge is 0.698 e. The topological polar surface area (TPSA) is 38.8 Å². The number of hydrogen-bond acceptors (Lipinski definition) is 4. The SMILES string of the molecule is CCCCO[P+](=O)OCN(CC(CC)CCCC)CC(CC)CCCC. The Kier molecular flexibility index (Phi) is 18.3. The van der Waals surface area contributed by atoms with Gasteiger partial charge >= 0.3 is 8.25 Å². The maximum Gasteiger partial charge on any atom is 0.698 e. The van der Waals surface area contributed by atoms with Crippen LogP contribution < -0.4 is 0 Å². The summed E-state index contributed by atoms with van der Waals surface area (Å²) in [4.78, 5) is 2.38. The van der Waals surface area contributed by atoms with Crippen LogP contribution in [0.1, 0.15) is 98.8 Å². The second kappa shape index (κ2) is 18.3. The molecule has 0 spiro atoms. The Bertz CT molecular complexity index is 310. The lowest BCUT2D eigenvalue weighted by molar-refractivity contribution is 0.0774. The summed E-state index contributed by atoms with van der Waals surface area (Å²) in [5, 5.41) is 0. The third kappa shape index (κ3) is 14.1. The molecule has 0 rings (SSSR count). The van der Waals surface area contributed by atoms with Crippen molar-refractivity contribution in [1.29, 1.82) is 0 Å². The summed E-state index contributed by atoms with van der Waals surface area (Å²) in [6.45, 7) is 14.2. The van der Waals surface area contributed by atoms with E-state index in [2.05, 4.69) is 39.5 Å². The molecule has 0 aliphatic heterocycles. The van der Waals surface area contributed by atoms with Crippen LogP contribution in [-0.2, 0) is 13.6 Å². The minimum absolute atomic E-state index is 0.423. The molecule has 3 unspecified atom stereocenters. The highest BCUT2D eigenvalue weighted by atomic mass is 31.1. The van der Waals surface area contributed by atoms with Crippen LogP contribution in [0.4, 0.5) is 0 Å². The lowest BCUT2D eigenvalue weighted by Gasteiger charge is -2.28. The van der Waals surface area contributed by atoms with E-state index in [4.69, 9.17) is 9.05 Å². The highest BCUT2D eigenvalue weighted by Gasteiger charge is 2.24. The number of nitrogens with zero attached hydrogens (tertiary/aromatic N) is 1. The molecule has 0 saturated heterocycles. The monoisotopic (exact) mass is 390 g/mol.